The van der Waals surface area contributed by atoms with Crippen molar-refractivity contribution in [3.8, 4) is 0 Å². The van der Waals surface area contributed by atoms with Gasteiger partial charge in [-0.1, -0.05) is 6.42 Å². The van der Waals surface area contributed by atoms with Crippen molar-refractivity contribution in [2.24, 2.45) is 0 Å². The van der Waals surface area contributed by atoms with Crippen molar-refractivity contribution in [1.29, 1.82) is 0 Å². The third-order valence-corrected chi connectivity index (χ3v) is 4.35. The van der Waals surface area contributed by atoms with Crippen LogP contribution < -0.4 is 5.32 Å². The highest BCUT2D eigenvalue weighted by Gasteiger charge is 2.18. The Labute approximate surface area is 125 Å². The molecule has 1 N–H and O–H groups in total. The Morgan fingerprint density at radius 3 is 3.10 bits per heavy atom. The monoisotopic (exact) mass is 292 g/mol. The molecular weight excluding hydrogens is 268 g/mol. The minimum Gasteiger partial charge on any atom is -0.378 e. The van der Waals surface area contributed by atoms with Crippen molar-refractivity contribution in [3.05, 3.63) is 11.6 Å². The lowest BCUT2D eigenvalue weighted by Gasteiger charge is -2.10. The molecule has 6 heteroatoms. The van der Waals surface area contributed by atoms with Gasteiger partial charge in [0.05, 0.1) is 12.6 Å². The molecule has 1 aromatic heterocycles. The lowest BCUT2D eigenvalue weighted by molar-refractivity contribution is -0.121. The average Bonchev–Trinajstić information content (AvgIpc) is 3.08. The summed E-state index contributed by atoms with van der Waals surface area (Å²) in [6.07, 6.45) is 8.45. The lowest BCUT2D eigenvalue weighted by atomic mass is 10.1. The third-order valence-electron chi connectivity index (χ3n) is 4.35. The molecule has 1 atom stereocenters. The van der Waals surface area contributed by atoms with Gasteiger partial charge in [0.2, 0.25) is 5.91 Å². The van der Waals surface area contributed by atoms with E-state index in [0.29, 0.717) is 13.0 Å². The minimum absolute atomic E-state index is 0.0801. The number of rotatable bonds is 5. The number of amides is 1. The second kappa shape index (κ2) is 7.02. The molecule has 21 heavy (non-hydrogen) atoms. The zero-order valence-electron chi connectivity index (χ0n) is 12.5. The molecule has 116 valence electrons. The van der Waals surface area contributed by atoms with Crippen LogP contribution in [0.25, 0.3) is 0 Å². The van der Waals surface area contributed by atoms with Crippen LogP contribution in [0.3, 0.4) is 0 Å². The maximum Gasteiger partial charge on any atom is 0.220 e. The summed E-state index contributed by atoms with van der Waals surface area (Å²) in [4.78, 5) is 11.9. The highest BCUT2D eigenvalue weighted by atomic mass is 16.5. The normalized spacial score (nSPS) is 21.8. The number of aromatic nitrogens is 3. The molecule has 1 aromatic rings. The molecule has 0 aromatic carbocycles. The molecule has 1 saturated heterocycles. The first-order valence-electron chi connectivity index (χ1n) is 8.12. The number of carbonyl (C=O) groups excluding carboxylic acids is 1. The number of aryl methyl sites for hydroxylation is 1. The van der Waals surface area contributed by atoms with Crippen LogP contribution in [0.2, 0.25) is 0 Å². The van der Waals surface area contributed by atoms with Crippen molar-refractivity contribution >= 4 is 5.91 Å². The van der Waals surface area contributed by atoms with Crippen molar-refractivity contribution in [3.63, 3.8) is 0 Å². The molecule has 0 saturated carbocycles. The average molecular weight is 292 g/mol. The van der Waals surface area contributed by atoms with Crippen molar-refractivity contribution in [2.45, 2.75) is 70.6 Å². The first-order valence-corrected chi connectivity index (χ1v) is 8.12. The van der Waals surface area contributed by atoms with Crippen LogP contribution in [0, 0.1) is 0 Å². The van der Waals surface area contributed by atoms with E-state index < -0.39 is 0 Å². The Hall–Kier alpha value is -1.43. The molecule has 0 spiro atoms. The maximum absolute atomic E-state index is 11.9. The Morgan fingerprint density at radius 1 is 1.29 bits per heavy atom. The van der Waals surface area contributed by atoms with Crippen molar-refractivity contribution in [1.82, 2.24) is 20.1 Å². The predicted octanol–water partition coefficient (Wildman–Crippen LogP) is 1.58. The van der Waals surface area contributed by atoms with Crippen LogP contribution in [-0.2, 0) is 29.0 Å². The summed E-state index contributed by atoms with van der Waals surface area (Å²) >= 11 is 0. The van der Waals surface area contributed by atoms with Crippen LogP contribution in [0.5, 0.6) is 0 Å². The highest BCUT2D eigenvalue weighted by molar-refractivity contribution is 5.75. The minimum atomic E-state index is 0.0801. The molecule has 3 heterocycles. The number of hydrogen-bond donors (Lipinski definition) is 1. The number of nitrogens with zero attached hydrogens (tertiary/aromatic N) is 3. The van der Waals surface area contributed by atoms with Crippen LogP contribution >= 0.6 is 0 Å². The maximum atomic E-state index is 11.9. The van der Waals surface area contributed by atoms with Gasteiger partial charge in [-0.15, -0.1) is 10.2 Å². The standard InChI is InChI=1S/C15H24N4O2/c20-15(8-7-12-5-4-10-21-12)16-11-14-18-17-13-6-2-1-3-9-19(13)14/h12H,1-11H2,(H,16,20). The summed E-state index contributed by atoms with van der Waals surface area (Å²) in [5, 5.41) is 11.4. The van der Waals surface area contributed by atoms with Crippen molar-refractivity contribution in [2.75, 3.05) is 6.61 Å². The van der Waals surface area contributed by atoms with Crippen molar-refractivity contribution < 1.29 is 9.53 Å². The van der Waals surface area contributed by atoms with Gasteiger partial charge in [0, 0.05) is 26.0 Å². The quantitative estimate of drug-likeness (QED) is 0.894. The summed E-state index contributed by atoms with van der Waals surface area (Å²) < 4.78 is 7.71. The zero-order valence-corrected chi connectivity index (χ0v) is 12.5. The van der Waals surface area contributed by atoms with Crippen LogP contribution in [0.15, 0.2) is 0 Å². The van der Waals surface area contributed by atoms with Gasteiger partial charge >= 0.3 is 0 Å². The molecule has 1 unspecified atom stereocenters. The topological polar surface area (TPSA) is 69.0 Å². The van der Waals surface area contributed by atoms with E-state index >= 15 is 0 Å². The zero-order chi connectivity index (χ0) is 14.5. The smallest absolute Gasteiger partial charge is 0.220 e. The van der Waals surface area contributed by atoms with E-state index in [9.17, 15) is 4.79 Å². The van der Waals surface area contributed by atoms with Gasteiger partial charge in [-0.25, -0.2) is 0 Å². The molecular formula is C15H24N4O2. The fourth-order valence-corrected chi connectivity index (χ4v) is 3.11. The van der Waals surface area contributed by atoms with E-state index in [2.05, 4.69) is 20.1 Å². The van der Waals surface area contributed by atoms with Crippen LogP contribution in [0.4, 0.5) is 0 Å². The third kappa shape index (κ3) is 3.81. The summed E-state index contributed by atoms with van der Waals surface area (Å²) in [5.74, 6) is 2.03. The molecule has 0 bridgehead atoms. The molecule has 2 aliphatic rings. The largest absolute Gasteiger partial charge is 0.378 e. The summed E-state index contributed by atoms with van der Waals surface area (Å²) in [7, 11) is 0. The molecule has 2 aliphatic heterocycles. The highest BCUT2D eigenvalue weighted by Crippen LogP contribution is 2.17. The van der Waals surface area contributed by atoms with Crippen LogP contribution in [-0.4, -0.2) is 33.4 Å². The van der Waals surface area contributed by atoms with E-state index in [0.717, 1.165) is 50.5 Å². The molecule has 0 aliphatic carbocycles. The van der Waals surface area contributed by atoms with E-state index in [4.69, 9.17) is 4.74 Å². The second-order valence-corrected chi connectivity index (χ2v) is 5.95. The van der Waals surface area contributed by atoms with E-state index in [1.54, 1.807) is 0 Å². The Bertz CT molecular complexity index is 480. The second-order valence-electron chi connectivity index (χ2n) is 5.95. The first-order chi connectivity index (χ1) is 10.3. The van der Waals surface area contributed by atoms with Gasteiger partial charge in [-0.05, 0) is 32.1 Å². The fraction of sp³-hybridized carbons (Fsp3) is 0.800. The number of fused-ring (bicyclic) bond motifs is 1. The van der Waals surface area contributed by atoms with E-state index in [1.807, 2.05) is 0 Å². The van der Waals surface area contributed by atoms with Crippen LogP contribution in [0.1, 0.15) is 56.6 Å². The molecule has 1 amide bonds. The van der Waals surface area contributed by atoms with Gasteiger partial charge < -0.3 is 14.6 Å². The molecule has 6 nitrogen and oxygen atoms in total. The lowest BCUT2D eigenvalue weighted by Crippen LogP contribution is -2.25. The summed E-state index contributed by atoms with van der Waals surface area (Å²) in [6, 6.07) is 0. The Kier molecular flexibility index (Phi) is 4.85. The number of ether oxygens (including phenoxy) is 1. The molecule has 1 fully saturated rings. The number of carbonyl (C=O) groups is 1. The molecule has 3 rings (SSSR count). The van der Waals surface area contributed by atoms with Gasteiger partial charge in [-0.3, -0.25) is 4.79 Å². The fourth-order valence-electron chi connectivity index (χ4n) is 3.11. The van der Waals surface area contributed by atoms with Gasteiger partial charge in [0.25, 0.3) is 0 Å². The van der Waals surface area contributed by atoms with E-state index in [-0.39, 0.29) is 12.0 Å². The SMILES string of the molecule is O=C(CCC1CCCO1)NCc1nnc2n1CCCCC2. The van der Waals surface area contributed by atoms with E-state index in [1.165, 1.54) is 19.3 Å². The van der Waals surface area contributed by atoms with Gasteiger partial charge in [0.1, 0.15) is 5.82 Å². The number of nitrogens with one attached hydrogen (secondary N) is 1. The Balaban J connectivity index is 1.46. The summed E-state index contributed by atoms with van der Waals surface area (Å²) in [6.45, 7) is 2.30. The van der Waals surface area contributed by atoms with Gasteiger partial charge in [-0.2, -0.15) is 0 Å². The van der Waals surface area contributed by atoms with Gasteiger partial charge in [0.15, 0.2) is 5.82 Å². The summed E-state index contributed by atoms with van der Waals surface area (Å²) in [5.41, 5.74) is 0. The Morgan fingerprint density at radius 2 is 2.24 bits per heavy atom. The molecule has 0 radical (unpaired) electrons. The number of hydrogen-bond acceptors (Lipinski definition) is 4. The predicted molar refractivity (Wildman–Crippen MR) is 77.6 cm³/mol. The first kappa shape index (κ1) is 14.5.